The molecule has 0 bridgehead atoms. The van der Waals surface area contributed by atoms with Crippen LogP contribution in [0.3, 0.4) is 0 Å². The van der Waals surface area contributed by atoms with Gasteiger partial charge in [0.25, 0.3) is 0 Å². The van der Waals surface area contributed by atoms with Crippen LogP contribution in [0.15, 0.2) is 24.9 Å². The summed E-state index contributed by atoms with van der Waals surface area (Å²) >= 11 is 0. The van der Waals surface area contributed by atoms with E-state index in [1.807, 2.05) is 17.1 Å². The second-order valence-corrected chi connectivity index (χ2v) is 7.47. The molecular formula is C18H21N9. The van der Waals surface area contributed by atoms with Crippen LogP contribution in [0, 0.1) is 11.3 Å². The first-order chi connectivity index (χ1) is 13.3. The quantitative estimate of drug-likeness (QED) is 0.708. The first-order valence-electron chi connectivity index (χ1n) is 9.30. The fourth-order valence-electron chi connectivity index (χ4n) is 4.32. The Balaban J connectivity index is 1.42. The summed E-state index contributed by atoms with van der Waals surface area (Å²) < 4.78 is 1.97. The highest BCUT2D eigenvalue weighted by Gasteiger charge is 2.47. The highest BCUT2D eigenvalue weighted by molar-refractivity contribution is 5.89. The normalized spacial score (nSPS) is 20.4. The van der Waals surface area contributed by atoms with Crippen LogP contribution in [0.4, 0.5) is 0 Å². The Bertz CT molecular complexity index is 986. The molecule has 0 saturated carbocycles. The van der Waals surface area contributed by atoms with Gasteiger partial charge >= 0.3 is 0 Å². The number of nitrogens with one attached hydrogen (secondary N) is 2. The minimum atomic E-state index is -0.250. The highest BCUT2D eigenvalue weighted by atomic mass is 15.4. The van der Waals surface area contributed by atoms with Gasteiger partial charge in [-0.15, -0.1) is 0 Å². The van der Waals surface area contributed by atoms with Gasteiger partial charge in [-0.3, -0.25) is 14.7 Å². The van der Waals surface area contributed by atoms with E-state index in [0.717, 1.165) is 42.8 Å². The van der Waals surface area contributed by atoms with E-state index in [1.165, 1.54) is 19.2 Å². The lowest BCUT2D eigenvalue weighted by atomic mass is 9.84. The van der Waals surface area contributed by atoms with Crippen molar-refractivity contribution in [3.63, 3.8) is 0 Å². The molecule has 0 unspecified atom stereocenters. The molecular weight excluding hydrogens is 342 g/mol. The number of hydrogen-bond donors (Lipinski definition) is 2. The average molecular weight is 363 g/mol. The van der Waals surface area contributed by atoms with E-state index in [0.29, 0.717) is 18.1 Å². The summed E-state index contributed by atoms with van der Waals surface area (Å²) in [5.74, 6) is 0. The van der Waals surface area contributed by atoms with Crippen molar-refractivity contribution < 1.29 is 0 Å². The van der Waals surface area contributed by atoms with Crippen LogP contribution in [-0.4, -0.2) is 67.1 Å². The standard InChI is InChI=1S/C18H21N9/c19-4-3-18(10-26(11-18)14-1-5-20-6-2-14)27-9-13(7-24-27)16-15-8-23-25-17(15)22-12-21-16/h7-9,12,14,20H,1-3,5-6,10-11H2,(H,21,22,23,25). The van der Waals surface area contributed by atoms with Crippen molar-refractivity contribution in [1.82, 2.24) is 40.2 Å². The summed E-state index contributed by atoms with van der Waals surface area (Å²) in [6.07, 6.45) is 9.89. The number of likely N-dealkylation sites (tertiary alicyclic amines) is 1. The van der Waals surface area contributed by atoms with Crippen LogP contribution >= 0.6 is 0 Å². The van der Waals surface area contributed by atoms with Gasteiger partial charge in [-0.25, -0.2) is 9.97 Å². The molecule has 0 amide bonds. The molecule has 2 saturated heterocycles. The highest BCUT2D eigenvalue weighted by Crippen LogP contribution is 2.36. The lowest BCUT2D eigenvalue weighted by Gasteiger charge is -2.53. The predicted molar refractivity (Wildman–Crippen MR) is 98.6 cm³/mol. The number of H-pyrrole nitrogens is 1. The summed E-state index contributed by atoms with van der Waals surface area (Å²) in [6, 6.07) is 2.98. The first-order valence-corrected chi connectivity index (χ1v) is 9.30. The smallest absolute Gasteiger partial charge is 0.159 e. The maximum atomic E-state index is 9.41. The zero-order chi connectivity index (χ0) is 18.3. The molecule has 2 aliphatic heterocycles. The Morgan fingerprint density at radius 3 is 2.89 bits per heavy atom. The zero-order valence-corrected chi connectivity index (χ0v) is 15.0. The third kappa shape index (κ3) is 2.69. The average Bonchev–Trinajstić information content (AvgIpc) is 3.34. The van der Waals surface area contributed by atoms with E-state index in [1.54, 1.807) is 6.20 Å². The molecule has 9 heteroatoms. The maximum absolute atomic E-state index is 9.41. The molecule has 5 heterocycles. The fraction of sp³-hybridized carbons (Fsp3) is 0.500. The molecule has 0 aromatic carbocycles. The first kappa shape index (κ1) is 16.4. The van der Waals surface area contributed by atoms with Crippen molar-refractivity contribution in [3.05, 3.63) is 24.9 Å². The van der Waals surface area contributed by atoms with Gasteiger partial charge in [0, 0.05) is 30.9 Å². The van der Waals surface area contributed by atoms with Crippen molar-refractivity contribution in [3.8, 4) is 17.3 Å². The maximum Gasteiger partial charge on any atom is 0.159 e. The number of hydrogen-bond acceptors (Lipinski definition) is 7. The zero-order valence-electron chi connectivity index (χ0n) is 15.0. The van der Waals surface area contributed by atoms with Gasteiger partial charge in [-0.2, -0.15) is 15.5 Å². The Morgan fingerprint density at radius 1 is 1.22 bits per heavy atom. The van der Waals surface area contributed by atoms with Crippen LogP contribution in [0.5, 0.6) is 0 Å². The molecule has 0 atom stereocenters. The topological polar surface area (TPSA) is 111 Å². The van der Waals surface area contributed by atoms with Crippen molar-refractivity contribution in [2.24, 2.45) is 0 Å². The second kappa shape index (κ2) is 6.40. The largest absolute Gasteiger partial charge is 0.317 e. The summed E-state index contributed by atoms with van der Waals surface area (Å²) in [7, 11) is 0. The molecule has 0 radical (unpaired) electrons. The molecule has 5 rings (SSSR count). The number of nitrogens with zero attached hydrogens (tertiary/aromatic N) is 7. The summed E-state index contributed by atoms with van der Waals surface area (Å²) in [5, 5.41) is 25.2. The summed E-state index contributed by atoms with van der Waals surface area (Å²) in [5.41, 5.74) is 2.18. The van der Waals surface area contributed by atoms with Crippen molar-refractivity contribution in [1.29, 1.82) is 5.26 Å². The molecule has 27 heavy (non-hydrogen) atoms. The molecule has 0 aliphatic carbocycles. The van der Waals surface area contributed by atoms with E-state index in [9.17, 15) is 5.26 Å². The van der Waals surface area contributed by atoms with Crippen molar-refractivity contribution in [2.75, 3.05) is 26.2 Å². The minimum Gasteiger partial charge on any atom is -0.317 e. The Labute approximate surface area is 156 Å². The third-order valence-electron chi connectivity index (χ3n) is 5.82. The van der Waals surface area contributed by atoms with E-state index in [2.05, 4.69) is 41.5 Å². The van der Waals surface area contributed by atoms with Crippen LogP contribution < -0.4 is 5.32 Å². The van der Waals surface area contributed by atoms with Crippen molar-refractivity contribution >= 4 is 11.0 Å². The molecule has 9 nitrogen and oxygen atoms in total. The van der Waals surface area contributed by atoms with Crippen molar-refractivity contribution in [2.45, 2.75) is 30.8 Å². The third-order valence-corrected chi connectivity index (χ3v) is 5.82. The van der Waals surface area contributed by atoms with Gasteiger partial charge in [-0.05, 0) is 25.9 Å². The molecule has 3 aromatic rings. The van der Waals surface area contributed by atoms with Crippen LogP contribution in [-0.2, 0) is 5.54 Å². The molecule has 138 valence electrons. The lowest BCUT2D eigenvalue weighted by Crippen LogP contribution is -2.66. The summed E-state index contributed by atoms with van der Waals surface area (Å²) in [4.78, 5) is 11.1. The Hall–Kier alpha value is -2.83. The van der Waals surface area contributed by atoms with Gasteiger partial charge in [0.2, 0.25) is 0 Å². The van der Waals surface area contributed by atoms with Gasteiger partial charge in [0.1, 0.15) is 11.9 Å². The monoisotopic (exact) mass is 363 g/mol. The van der Waals surface area contributed by atoms with E-state index in [-0.39, 0.29) is 5.54 Å². The van der Waals surface area contributed by atoms with E-state index >= 15 is 0 Å². The van der Waals surface area contributed by atoms with Crippen LogP contribution in [0.25, 0.3) is 22.3 Å². The molecule has 3 aromatic heterocycles. The second-order valence-electron chi connectivity index (χ2n) is 7.47. The molecule has 0 spiro atoms. The van der Waals surface area contributed by atoms with Crippen LogP contribution in [0.2, 0.25) is 0 Å². The van der Waals surface area contributed by atoms with E-state index < -0.39 is 0 Å². The van der Waals surface area contributed by atoms with E-state index in [4.69, 9.17) is 0 Å². The number of nitriles is 1. The fourth-order valence-corrected chi connectivity index (χ4v) is 4.32. The lowest BCUT2D eigenvalue weighted by molar-refractivity contribution is -0.0339. The predicted octanol–water partition coefficient (Wildman–Crippen LogP) is 0.893. The number of piperidine rings is 1. The van der Waals surface area contributed by atoms with Gasteiger partial charge in [0.05, 0.1) is 36.0 Å². The number of aromatic nitrogens is 6. The minimum absolute atomic E-state index is 0.250. The Morgan fingerprint density at radius 2 is 2.07 bits per heavy atom. The molecule has 2 fully saturated rings. The number of fused-ring (bicyclic) bond motifs is 1. The SMILES string of the molecule is N#CCC1(n2cc(-c3ncnc4[nH]ncc34)cn2)CN(C2CCNCC2)C1. The molecule has 2 N–H and O–H groups in total. The van der Waals surface area contributed by atoms with Gasteiger partial charge < -0.3 is 5.32 Å². The number of aromatic amines is 1. The van der Waals surface area contributed by atoms with Gasteiger partial charge in [0.15, 0.2) is 5.65 Å². The summed E-state index contributed by atoms with van der Waals surface area (Å²) in [6.45, 7) is 3.90. The Kier molecular flexibility index (Phi) is 3.88. The number of rotatable bonds is 4. The van der Waals surface area contributed by atoms with Crippen LogP contribution in [0.1, 0.15) is 19.3 Å². The van der Waals surface area contributed by atoms with Gasteiger partial charge in [-0.1, -0.05) is 0 Å². The molecule has 2 aliphatic rings.